The van der Waals surface area contributed by atoms with Crippen LogP contribution >= 0.6 is 0 Å². The van der Waals surface area contributed by atoms with Crippen LogP contribution in [0, 0.1) is 0 Å². The van der Waals surface area contributed by atoms with Crippen LogP contribution in [-0.4, -0.2) is 69.0 Å². The first-order chi connectivity index (χ1) is 15.7. The highest BCUT2D eigenvalue weighted by Gasteiger charge is 2.35. The normalized spacial score (nSPS) is 20.8. The Balaban J connectivity index is 1.54. The number of ether oxygens (including phenoxy) is 2. The van der Waals surface area contributed by atoms with Crippen LogP contribution in [0.15, 0.2) is 18.3 Å². The number of alkyl halides is 4. The molecule has 0 aromatic carbocycles. The number of methoxy groups -OCH3 is 1. The summed E-state index contributed by atoms with van der Waals surface area (Å²) < 4.78 is 64.7. The second kappa shape index (κ2) is 9.40. The van der Waals surface area contributed by atoms with Gasteiger partial charge in [-0.2, -0.15) is 15.1 Å². The molecule has 1 amide bonds. The van der Waals surface area contributed by atoms with Crippen LogP contribution in [0.1, 0.15) is 44.2 Å². The summed E-state index contributed by atoms with van der Waals surface area (Å²) in [5, 5.41) is 6.92. The summed E-state index contributed by atoms with van der Waals surface area (Å²) in [6.45, 7) is 0.747. The molecule has 2 aromatic heterocycles. The molecule has 2 fully saturated rings. The Morgan fingerprint density at radius 1 is 1.24 bits per heavy atom. The van der Waals surface area contributed by atoms with E-state index >= 15 is 0 Å². The summed E-state index contributed by atoms with van der Waals surface area (Å²) in [6.07, 6.45) is -1.66. The van der Waals surface area contributed by atoms with Gasteiger partial charge in [0.05, 0.1) is 13.7 Å². The molecule has 33 heavy (non-hydrogen) atoms. The van der Waals surface area contributed by atoms with Gasteiger partial charge < -0.3 is 19.7 Å². The van der Waals surface area contributed by atoms with Gasteiger partial charge in [0.15, 0.2) is 0 Å². The van der Waals surface area contributed by atoms with E-state index < -0.39 is 24.1 Å². The molecule has 2 aromatic rings. The molecule has 1 N–H and O–H groups in total. The quantitative estimate of drug-likeness (QED) is 0.639. The van der Waals surface area contributed by atoms with Crippen molar-refractivity contribution in [3.8, 4) is 11.8 Å². The minimum absolute atomic E-state index is 0.00846. The van der Waals surface area contributed by atoms with Crippen LogP contribution in [0.2, 0.25) is 0 Å². The van der Waals surface area contributed by atoms with Crippen molar-refractivity contribution in [2.75, 3.05) is 25.5 Å². The number of aromatic nitrogens is 4. The lowest BCUT2D eigenvalue weighted by Crippen LogP contribution is -2.32. The number of carbonyl (C=O) groups is 1. The van der Waals surface area contributed by atoms with Gasteiger partial charge >= 0.3 is 6.09 Å². The van der Waals surface area contributed by atoms with Crippen LogP contribution in [0.5, 0.6) is 5.88 Å². The van der Waals surface area contributed by atoms with Gasteiger partial charge in [-0.05, 0) is 18.9 Å². The lowest BCUT2D eigenvalue weighted by molar-refractivity contribution is -0.0361. The maximum Gasteiger partial charge on any atom is 0.409 e. The summed E-state index contributed by atoms with van der Waals surface area (Å²) in [5.74, 6) is -2.22. The summed E-state index contributed by atoms with van der Waals surface area (Å²) in [5.41, 5.74) is -0.432. The van der Waals surface area contributed by atoms with Crippen LogP contribution in [0.3, 0.4) is 0 Å². The van der Waals surface area contributed by atoms with Crippen molar-refractivity contribution in [3.05, 3.63) is 24.0 Å². The van der Waals surface area contributed by atoms with E-state index in [-0.39, 0.29) is 49.7 Å². The van der Waals surface area contributed by atoms with Crippen LogP contribution in [0.25, 0.3) is 5.95 Å². The molecule has 1 saturated heterocycles. The number of halogens is 4. The smallest absolute Gasteiger partial charge is 0.409 e. The Hall–Kier alpha value is -3.12. The molecule has 180 valence electrons. The zero-order valence-corrected chi connectivity index (χ0v) is 17.9. The van der Waals surface area contributed by atoms with Crippen molar-refractivity contribution >= 4 is 11.9 Å². The highest BCUT2D eigenvalue weighted by molar-refractivity contribution is 5.67. The maximum atomic E-state index is 13.5. The molecule has 13 heteroatoms. The topological polar surface area (TPSA) is 94.4 Å². The van der Waals surface area contributed by atoms with Crippen molar-refractivity contribution in [2.45, 2.75) is 56.6 Å². The fourth-order valence-electron chi connectivity index (χ4n) is 3.90. The number of hydrogen-bond donors (Lipinski definition) is 1. The minimum atomic E-state index is -2.75. The fraction of sp³-hybridized carbons (Fsp3) is 0.600. The fourth-order valence-corrected chi connectivity index (χ4v) is 3.90. The van der Waals surface area contributed by atoms with E-state index in [1.54, 1.807) is 0 Å². The molecule has 2 aliphatic rings. The maximum absolute atomic E-state index is 13.5. The van der Waals surface area contributed by atoms with Gasteiger partial charge in [-0.25, -0.2) is 27.0 Å². The SMILES string of the molecule is COC(=O)N1CCC(Oc2cc(NC3CCC(F)(F)CC3)nc(-n3ccc(C(F)F)n3)n2)C1. The van der Waals surface area contributed by atoms with Gasteiger partial charge in [0.2, 0.25) is 11.8 Å². The monoisotopic (exact) mass is 472 g/mol. The lowest BCUT2D eigenvalue weighted by Gasteiger charge is -2.29. The molecule has 3 heterocycles. The van der Waals surface area contributed by atoms with Gasteiger partial charge in [-0.15, -0.1) is 0 Å². The standard InChI is InChI=1S/C20H24F4N6O3/c1-32-19(31)29-8-4-13(11-29)33-16-10-15(25-12-2-6-20(23,24)7-3-12)26-18(27-16)30-9-5-14(28-30)17(21)22/h5,9-10,12-13,17H,2-4,6-8,11H2,1H3,(H,25,26,27). The number of rotatable bonds is 6. The summed E-state index contributed by atoms with van der Waals surface area (Å²) in [4.78, 5) is 21.8. The Labute approximate surface area is 187 Å². The van der Waals surface area contributed by atoms with Gasteiger partial charge in [0, 0.05) is 44.1 Å². The molecule has 0 spiro atoms. The molecular weight excluding hydrogens is 448 g/mol. The predicted octanol–water partition coefficient (Wildman–Crippen LogP) is 3.81. The molecule has 4 rings (SSSR count). The van der Waals surface area contributed by atoms with E-state index in [0.29, 0.717) is 25.3 Å². The van der Waals surface area contributed by atoms with E-state index in [9.17, 15) is 22.4 Å². The summed E-state index contributed by atoms with van der Waals surface area (Å²) in [7, 11) is 1.30. The van der Waals surface area contributed by atoms with Crippen molar-refractivity contribution in [2.24, 2.45) is 0 Å². The number of nitrogens with one attached hydrogen (secondary N) is 1. The summed E-state index contributed by atoms with van der Waals surface area (Å²) >= 11 is 0. The Kier molecular flexibility index (Phi) is 6.56. The number of hydrogen-bond acceptors (Lipinski definition) is 7. The Morgan fingerprint density at radius 3 is 2.67 bits per heavy atom. The highest BCUT2D eigenvalue weighted by atomic mass is 19.3. The molecule has 0 bridgehead atoms. The van der Waals surface area contributed by atoms with Crippen molar-refractivity contribution in [3.63, 3.8) is 0 Å². The molecule has 0 radical (unpaired) electrons. The third-order valence-electron chi connectivity index (χ3n) is 5.66. The second-order valence-corrected chi connectivity index (χ2v) is 8.10. The Bertz CT molecular complexity index is 978. The zero-order chi connectivity index (χ0) is 23.6. The lowest BCUT2D eigenvalue weighted by atomic mass is 9.92. The van der Waals surface area contributed by atoms with E-state index in [0.717, 1.165) is 10.7 Å². The number of likely N-dealkylation sites (tertiary alicyclic amines) is 1. The number of nitrogens with zero attached hydrogens (tertiary/aromatic N) is 5. The first-order valence-electron chi connectivity index (χ1n) is 10.6. The Morgan fingerprint density at radius 2 is 2.00 bits per heavy atom. The summed E-state index contributed by atoms with van der Waals surface area (Å²) in [6, 6.07) is 2.45. The van der Waals surface area contributed by atoms with E-state index in [2.05, 4.69) is 20.4 Å². The van der Waals surface area contributed by atoms with Gasteiger partial charge in [-0.3, -0.25) is 0 Å². The number of amides is 1. The largest absolute Gasteiger partial charge is 0.472 e. The van der Waals surface area contributed by atoms with E-state index in [1.165, 1.54) is 24.3 Å². The van der Waals surface area contributed by atoms with Crippen LogP contribution < -0.4 is 10.1 Å². The number of carbonyl (C=O) groups excluding carboxylic acids is 1. The molecule has 1 saturated carbocycles. The predicted molar refractivity (Wildman–Crippen MR) is 108 cm³/mol. The minimum Gasteiger partial charge on any atom is -0.472 e. The van der Waals surface area contributed by atoms with Crippen LogP contribution in [0.4, 0.5) is 28.2 Å². The van der Waals surface area contributed by atoms with E-state index in [1.807, 2.05) is 0 Å². The molecule has 1 atom stereocenters. The molecular formula is C20H24F4N6O3. The van der Waals surface area contributed by atoms with Crippen molar-refractivity contribution in [1.82, 2.24) is 24.6 Å². The van der Waals surface area contributed by atoms with Crippen molar-refractivity contribution < 1.29 is 31.8 Å². The van der Waals surface area contributed by atoms with Gasteiger partial charge in [0.1, 0.15) is 17.6 Å². The number of anilines is 1. The highest BCUT2D eigenvalue weighted by Crippen LogP contribution is 2.34. The molecule has 1 aliphatic carbocycles. The van der Waals surface area contributed by atoms with Gasteiger partial charge in [-0.1, -0.05) is 0 Å². The van der Waals surface area contributed by atoms with Crippen molar-refractivity contribution in [1.29, 1.82) is 0 Å². The van der Waals surface area contributed by atoms with Gasteiger partial charge in [0.25, 0.3) is 12.4 Å². The zero-order valence-electron chi connectivity index (χ0n) is 17.9. The average Bonchev–Trinajstić information content (AvgIpc) is 3.45. The average molecular weight is 472 g/mol. The second-order valence-electron chi connectivity index (χ2n) is 8.10. The third-order valence-corrected chi connectivity index (χ3v) is 5.66. The first kappa shape index (κ1) is 23.1. The first-order valence-corrected chi connectivity index (χ1v) is 10.6. The molecule has 1 aliphatic heterocycles. The molecule has 1 unspecified atom stereocenters. The third kappa shape index (κ3) is 5.63. The molecule has 9 nitrogen and oxygen atoms in total. The van der Waals surface area contributed by atoms with Crippen LogP contribution in [-0.2, 0) is 4.74 Å². The van der Waals surface area contributed by atoms with E-state index in [4.69, 9.17) is 9.47 Å².